The van der Waals surface area contributed by atoms with Crippen molar-refractivity contribution in [2.24, 2.45) is 0 Å². The first-order valence-corrected chi connectivity index (χ1v) is 2.64. The first kappa shape index (κ1) is 4.48. The summed E-state index contributed by atoms with van der Waals surface area (Å²) in [7, 11) is 0. The maximum absolute atomic E-state index is 5.48. The lowest BCUT2D eigenvalue weighted by Crippen LogP contribution is -2.17. The van der Waals surface area contributed by atoms with Gasteiger partial charge >= 0.3 is 0 Å². The van der Waals surface area contributed by atoms with Gasteiger partial charge in [-0.3, -0.25) is 0 Å². The minimum atomic E-state index is 0.0895. The largest absolute Gasteiger partial charge is 0.117 e. The molecule has 2 atom stereocenters. The van der Waals surface area contributed by atoms with E-state index in [0.29, 0.717) is 0 Å². The van der Waals surface area contributed by atoms with Crippen LogP contribution in [0.3, 0.4) is 0 Å². The number of hydrogen-bond donors (Lipinski definition) is 0. The van der Waals surface area contributed by atoms with Gasteiger partial charge in [-0.25, -0.2) is 0 Å². The van der Waals surface area contributed by atoms with E-state index in [9.17, 15) is 0 Å². The number of rotatable bonds is 0. The van der Waals surface area contributed by atoms with Crippen LogP contribution in [0, 0.1) is 0 Å². The molecule has 2 unspecified atom stereocenters. The summed E-state index contributed by atoms with van der Waals surface area (Å²) in [6.45, 7) is 0. The Kier molecular flexibility index (Phi) is 1.07. The molecule has 0 fully saturated rings. The molecule has 0 aromatic rings. The molecular formula is C4H4Cl2. The zero-order valence-electron chi connectivity index (χ0n) is 3.07. The molecule has 0 spiro atoms. The Morgan fingerprint density at radius 2 is 1.33 bits per heavy atom. The fourth-order valence-electron chi connectivity index (χ4n) is 0.279. The van der Waals surface area contributed by atoms with Crippen LogP contribution < -0.4 is 0 Å². The lowest BCUT2D eigenvalue weighted by Gasteiger charge is -2.15. The SMILES string of the molecule is ClC1C=CC1Cl. The number of allylic oxidation sites excluding steroid dienone is 2. The molecule has 0 amide bonds. The van der Waals surface area contributed by atoms with Gasteiger partial charge in [-0.1, -0.05) is 12.2 Å². The maximum atomic E-state index is 5.48. The summed E-state index contributed by atoms with van der Waals surface area (Å²) in [5.41, 5.74) is 0. The van der Waals surface area contributed by atoms with E-state index in [1.807, 2.05) is 12.2 Å². The average molecular weight is 123 g/mol. The Morgan fingerprint density at radius 3 is 1.33 bits per heavy atom. The summed E-state index contributed by atoms with van der Waals surface area (Å²) in [5, 5.41) is 0.179. The predicted octanol–water partition coefficient (Wildman–Crippen LogP) is 1.77. The highest BCUT2D eigenvalue weighted by Crippen LogP contribution is 2.20. The van der Waals surface area contributed by atoms with Gasteiger partial charge in [0.1, 0.15) is 0 Å². The van der Waals surface area contributed by atoms with Crippen molar-refractivity contribution in [1.82, 2.24) is 0 Å². The summed E-state index contributed by atoms with van der Waals surface area (Å²) in [4.78, 5) is 0. The molecule has 0 N–H and O–H groups in total. The van der Waals surface area contributed by atoms with E-state index in [2.05, 4.69) is 0 Å². The quantitative estimate of drug-likeness (QED) is 0.340. The van der Waals surface area contributed by atoms with Crippen LogP contribution >= 0.6 is 23.2 Å². The minimum absolute atomic E-state index is 0.0895. The highest BCUT2D eigenvalue weighted by Gasteiger charge is 2.17. The number of hydrogen-bond acceptors (Lipinski definition) is 0. The van der Waals surface area contributed by atoms with E-state index < -0.39 is 0 Å². The van der Waals surface area contributed by atoms with E-state index in [1.165, 1.54) is 0 Å². The molecule has 34 valence electrons. The summed E-state index contributed by atoms with van der Waals surface area (Å²) in [6, 6.07) is 0. The molecule has 2 heteroatoms. The van der Waals surface area contributed by atoms with Crippen molar-refractivity contribution in [3.63, 3.8) is 0 Å². The third-order valence-electron chi connectivity index (χ3n) is 0.783. The first-order valence-electron chi connectivity index (χ1n) is 1.77. The molecular weight excluding hydrogens is 119 g/mol. The fraction of sp³-hybridized carbons (Fsp3) is 0.500. The summed E-state index contributed by atoms with van der Waals surface area (Å²) in [5.74, 6) is 0. The van der Waals surface area contributed by atoms with Gasteiger partial charge in [0.25, 0.3) is 0 Å². The van der Waals surface area contributed by atoms with Gasteiger partial charge in [0.05, 0.1) is 10.8 Å². The van der Waals surface area contributed by atoms with Crippen LogP contribution in [0.2, 0.25) is 0 Å². The maximum Gasteiger partial charge on any atom is 0.0715 e. The van der Waals surface area contributed by atoms with Gasteiger partial charge < -0.3 is 0 Å². The van der Waals surface area contributed by atoms with Gasteiger partial charge in [-0.15, -0.1) is 23.2 Å². The molecule has 1 aliphatic rings. The van der Waals surface area contributed by atoms with Gasteiger partial charge in [-0.2, -0.15) is 0 Å². The molecule has 1 aliphatic carbocycles. The Morgan fingerprint density at radius 1 is 1.00 bits per heavy atom. The van der Waals surface area contributed by atoms with E-state index in [1.54, 1.807) is 0 Å². The fourth-order valence-corrected chi connectivity index (χ4v) is 0.615. The second kappa shape index (κ2) is 1.43. The van der Waals surface area contributed by atoms with Crippen LogP contribution in [0.15, 0.2) is 12.2 Å². The molecule has 0 bridgehead atoms. The Bertz CT molecular complexity index is 67.6. The normalized spacial score (nSPS) is 42.3. The zero-order valence-corrected chi connectivity index (χ0v) is 4.58. The molecule has 0 aromatic heterocycles. The standard InChI is InChI=1S/C4H4Cl2/c5-3-1-2-4(3)6/h1-4H. The third-order valence-corrected chi connectivity index (χ3v) is 1.75. The summed E-state index contributed by atoms with van der Waals surface area (Å²) in [6.07, 6.45) is 3.75. The topological polar surface area (TPSA) is 0 Å². The van der Waals surface area contributed by atoms with Crippen molar-refractivity contribution in [3.8, 4) is 0 Å². The number of halogens is 2. The van der Waals surface area contributed by atoms with Crippen LogP contribution in [-0.4, -0.2) is 10.8 Å². The minimum Gasteiger partial charge on any atom is -0.117 e. The molecule has 0 radical (unpaired) electrons. The van der Waals surface area contributed by atoms with Crippen molar-refractivity contribution in [2.45, 2.75) is 10.8 Å². The smallest absolute Gasteiger partial charge is 0.0715 e. The van der Waals surface area contributed by atoms with Crippen LogP contribution in [0.4, 0.5) is 0 Å². The van der Waals surface area contributed by atoms with E-state index in [-0.39, 0.29) is 10.8 Å². The molecule has 0 heterocycles. The Balaban J connectivity index is 2.45. The first-order chi connectivity index (χ1) is 2.80. The highest BCUT2D eigenvalue weighted by atomic mass is 35.5. The van der Waals surface area contributed by atoms with Crippen molar-refractivity contribution in [3.05, 3.63) is 12.2 Å². The summed E-state index contributed by atoms with van der Waals surface area (Å²) < 4.78 is 0. The van der Waals surface area contributed by atoms with Crippen molar-refractivity contribution >= 4 is 23.2 Å². The average Bonchev–Trinajstić information content (AvgIpc) is 1.61. The monoisotopic (exact) mass is 122 g/mol. The van der Waals surface area contributed by atoms with Gasteiger partial charge in [0, 0.05) is 0 Å². The van der Waals surface area contributed by atoms with Gasteiger partial charge in [0.15, 0.2) is 0 Å². The van der Waals surface area contributed by atoms with Crippen molar-refractivity contribution in [2.75, 3.05) is 0 Å². The molecule has 0 saturated carbocycles. The zero-order chi connectivity index (χ0) is 4.57. The molecule has 6 heavy (non-hydrogen) atoms. The van der Waals surface area contributed by atoms with Crippen molar-refractivity contribution in [1.29, 1.82) is 0 Å². The van der Waals surface area contributed by atoms with Crippen LogP contribution in [-0.2, 0) is 0 Å². The van der Waals surface area contributed by atoms with E-state index in [0.717, 1.165) is 0 Å². The van der Waals surface area contributed by atoms with E-state index >= 15 is 0 Å². The lowest BCUT2D eigenvalue weighted by atomic mass is 10.1. The molecule has 0 aliphatic heterocycles. The van der Waals surface area contributed by atoms with Gasteiger partial charge in [0.2, 0.25) is 0 Å². The third kappa shape index (κ3) is 0.548. The van der Waals surface area contributed by atoms with Crippen LogP contribution in [0.1, 0.15) is 0 Å². The Hall–Kier alpha value is 0.320. The van der Waals surface area contributed by atoms with Gasteiger partial charge in [-0.05, 0) is 0 Å². The lowest BCUT2D eigenvalue weighted by molar-refractivity contribution is 0.980. The predicted molar refractivity (Wildman–Crippen MR) is 28.4 cm³/mol. The highest BCUT2D eigenvalue weighted by molar-refractivity contribution is 6.33. The molecule has 1 rings (SSSR count). The second-order valence-electron chi connectivity index (χ2n) is 1.27. The van der Waals surface area contributed by atoms with E-state index in [4.69, 9.17) is 23.2 Å². The van der Waals surface area contributed by atoms with Crippen molar-refractivity contribution < 1.29 is 0 Å². The second-order valence-corrected chi connectivity index (χ2v) is 2.28. The molecule has 0 saturated heterocycles. The Labute approximate surface area is 46.7 Å². The summed E-state index contributed by atoms with van der Waals surface area (Å²) >= 11 is 11.0. The number of alkyl halides is 2. The van der Waals surface area contributed by atoms with Crippen LogP contribution in [0.5, 0.6) is 0 Å². The molecule has 0 aromatic carbocycles. The van der Waals surface area contributed by atoms with Crippen LogP contribution in [0.25, 0.3) is 0 Å². The molecule has 0 nitrogen and oxygen atoms in total.